The van der Waals surface area contributed by atoms with E-state index in [0.717, 1.165) is 12.0 Å². The second kappa shape index (κ2) is 7.90. The summed E-state index contributed by atoms with van der Waals surface area (Å²) < 4.78 is 5.25. The number of carbonyl (C=O) groups is 2. The first kappa shape index (κ1) is 19.1. The molecule has 0 radical (unpaired) electrons. The molecule has 7 heteroatoms. The van der Waals surface area contributed by atoms with E-state index in [1.165, 1.54) is 5.56 Å². The Bertz CT molecular complexity index is 807. The molecule has 1 aliphatic rings. The number of aromatic nitrogens is 2. The van der Waals surface area contributed by atoms with E-state index < -0.39 is 11.5 Å². The molecule has 1 aliphatic carbocycles. The van der Waals surface area contributed by atoms with Crippen molar-refractivity contribution >= 4 is 11.9 Å². The fourth-order valence-corrected chi connectivity index (χ4v) is 3.31. The Kier molecular flexibility index (Phi) is 5.58. The summed E-state index contributed by atoms with van der Waals surface area (Å²) in [6.07, 6.45) is 2.84. The lowest BCUT2D eigenvalue weighted by Crippen LogP contribution is -2.54. The lowest BCUT2D eigenvalue weighted by molar-refractivity contribution is -0.140. The van der Waals surface area contributed by atoms with E-state index in [0.29, 0.717) is 36.9 Å². The molecule has 1 heterocycles. The van der Waals surface area contributed by atoms with Gasteiger partial charge < -0.3 is 14.9 Å². The van der Waals surface area contributed by atoms with Crippen LogP contribution in [0.4, 0.5) is 0 Å². The van der Waals surface area contributed by atoms with Gasteiger partial charge in [-0.1, -0.05) is 43.3 Å². The van der Waals surface area contributed by atoms with E-state index in [9.17, 15) is 9.59 Å². The maximum atomic E-state index is 12.2. The van der Waals surface area contributed by atoms with Crippen LogP contribution in [0, 0.1) is 0 Å². The molecule has 0 unspecified atom stereocenters. The van der Waals surface area contributed by atoms with Crippen molar-refractivity contribution in [2.45, 2.75) is 63.8 Å². The second-order valence-corrected chi connectivity index (χ2v) is 7.54. The summed E-state index contributed by atoms with van der Waals surface area (Å²) in [6.45, 7) is 4.27. The summed E-state index contributed by atoms with van der Waals surface area (Å²) >= 11 is 0. The van der Waals surface area contributed by atoms with Gasteiger partial charge in [0.2, 0.25) is 17.6 Å². The van der Waals surface area contributed by atoms with Crippen molar-refractivity contribution < 1.29 is 19.2 Å². The highest BCUT2D eigenvalue weighted by molar-refractivity contribution is 5.78. The summed E-state index contributed by atoms with van der Waals surface area (Å²) in [7, 11) is 0. The number of amides is 1. The van der Waals surface area contributed by atoms with Crippen LogP contribution in [0.1, 0.15) is 63.3 Å². The van der Waals surface area contributed by atoms with Crippen LogP contribution < -0.4 is 5.32 Å². The third kappa shape index (κ3) is 4.72. The van der Waals surface area contributed by atoms with Crippen LogP contribution in [0.15, 0.2) is 28.8 Å². The van der Waals surface area contributed by atoms with Crippen LogP contribution in [0.2, 0.25) is 0 Å². The Labute approximate surface area is 158 Å². The van der Waals surface area contributed by atoms with E-state index in [4.69, 9.17) is 9.63 Å². The molecule has 144 valence electrons. The van der Waals surface area contributed by atoms with Crippen molar-refractivity contribution in [1.29, 1.82) is 0 Å². The van der Waals surface area contributed by atoms with Gasteiger partial charge >= 0.3 is 5.97 Å². The normalized spacial score (nSPS) is 15.4. The predicted octanol–water partition coefficient (Wildman–Crippen LogP) is 3.31. The van der Waals surface area contributed by atoms with E-state index in [-0.39, 0.29) is 18.7 Å². The number of nitrogens with one attached hydrogen (secondary N) is 1. The fourth-order valence-electron chi connectivity index (χ4n) is 3.31. The van der Waals surface area contributed by atoms with Gasteiger partial charge in [-0.15, -0.1) is 0 Å². The van der Waals surface area contributed by atoms with Crippen LogP contribution in [0.25, 0.3) is 11.4 Å². The summed E-state index contributed by atoms with van der Waals surface area (Å²) in [5, 5.41) is 15.9. The molecule has 2 aromatic rings. The van der Waals surface area contributed by atoms with Crippen LogP contribution in [0.3, 0.4) is 0 Å². The Balaban J connectivity index is 1.55. The van der Waals surface area contributed by atoms with Crippen LogP contribution in [-0.4, -0.2) is 32.7 Å². The number of rotatable bonds is 8. The van der Waals surface area contributed by atoms with Crippen molar-refractivity contribution in [3.63, 3.8) is 0 Å². The number of carbonyl (C=O) groups excluding carboxylic acids is 1. The highest BCUT2D eigenvalue weighted by Gasteiger charge is 2.40. The number of aryl methyl sites for hydroxylation is 1. The highest BCUT2D eigenvalue weighted by atomic mass is 16.5. The van der Waals surface area contributed by atoms with Gasteiger partial charge in [-0.3, -0.25) is 9.59 Å². The quantitative estimate of drug-likeness (QED) is 0.737. The Hall–Kier alpha value is -2.70. The number of carboxylic acids is 1. The number of carboxylic acid groups (broad SMARTS) is 1. The minimum atomic E-state index is -0.889. The lowest BCUT2D eigenvalue weighted by atomic mass is 9.74. The van der Waals surface area contributed by atoms with E-state index in [1.807, 2.05) is 24.3 Å². The van der Waals surface area contributed by atoms with Gasteiger partial charge in [0.1, 0.15) is 0 Å². The van der Waals surface area contributed by atoms with Crippen LogP contribution in [0.5, 0.6) is 0 Å². The summed E-state index contributed by atoms with van der Waals surface area (Å²) in [5.74, 6) is 0.284. The molecule has 3 rings (SSSR count). The number of aliphatic carboxylic acids is 1. The Morgan fingerprint density at radius 2 is 1.96 bits per heavy atom. The van der Waals surface area contributed by atoms with Gasteiger partial charge in [0.05, 0.1) is 12.0 Å². The van der Waals surface area contributed by atoms with Crippen LogP contribution in [-0.2, 0) is 16.0 Å². The molecule has 0 bridgehead atoms. The number of benzene rings is 1. The zero-order valence-corrected chi connectivity index (χ0v) is 15.7. The third-order valence-corrected chi connectivity index (χ3v) is 5.07. The summed E-state index contributed by atoms with van der Waals surface area (Å²) in [4.78, 5) is 27.5. The summed E-state index contributed by atoms with van der Waals surface area (Å²) in [5.41, 5.74) is 1.53. The number of hydrogen-bond acceptors (Lipinski definition) is 5. The summed E-state index contributed by atoms with van der Waals surface area (Å²) in [6, 6.07) is 8.01. The molecule has 1 amide bonds. The van der Waals surface area contributed by atoms with Gasteiger partial charge in [0.15, 0.2) is 0 Å². The second-order valence-electron chi connectivity index (χ2n) is 7.54. The average Bonchev–Trinajstić information content (AvgIpc) is 3.06. The maximum Gasteiger partial charge on any atom is 0.305 e. The van der Waals surface area contributed by atoms with Gasteiger partial charge in [-0.25, -0.2) is 0 Å². The van der Waals surface area contributed by atoms with Crippen molar-refractivity contribution in [2.24, 2.45) is 0 Å². The van der Waals surface area contributed by atoms with Gasteiger partial charge in [0.25, 0.3) is 0 Å². The van der Waals surface area contributed by atoms with E-state index in [2.05, 4.69) is 29.3 Å². The van der Waals surface area contributed by atoms with Gasteiger partial charge in [-0.05, 0) is 30.7 Å². The highest BCUT2D eigenvalue weighted by Crippen LogP contribution is 2.35. The average molecular weight is 371 g/mol. The first-order valence-corrected chi connectivity index (χ1v) is 9.33. The Morgan fingerprint density at radius 3 is 2.52 bits per heavy atom. The molecule has 7 nitrogen and oxygen atoms in total. The standard InChI is InChI=1S/C20H25N3O4/c1-13(2)14-4-6-15(7-5-14)19-21-17(27-23-19)9-8-16(24)22-20(10-3-11-20)12-18(25)26/h4-7,13H,3,8-12H2,1-2H3,(H,22,24)(H,25,26). The SMILES string of the molecule is CC(C)c1ccc(-c2noc(CCC(=O)NC3(CC(=O)O)CCC3)n2)cc1. The molecule has 2 N–H and O–H groups in total. The maximum absolute atomic E-state index is 12.2. The molecule has 1 fully saturated rings. The number of nitrogens with zero attached hydrogens (tertiary/aromatic N) is 2. The number of hydrogen-bond donors (Lipinski definition) is 2. The lowest BCUT2D eigenvalue weighted by Gasteiger charge is -2.41. The minimum absolute atomic E-state index is 0.0319. The van der Waals surface area contributed by atoms with E-state index >= 15 is 0 Å². The topological polar surface area (TPSA) is 105 Å². The predicted molar refractivity (Wildman–Crippen MR) is 99.1 cm³/mol. The third-order valence-electron chi connectivity index (χ3n) is 5.07. The van der Waals surface area contributed by atoms with Crippen molar-refractivity contribution in [1.82, 2.24) is 15.5 Å². The molecule has 1 saturated carbocycles. The van der Waals surface area contributed by atoms with Crippen LogP contribution >= 0.6 is 0 Å². The molecule has 0 aliphatic heterocycles. The molecule has 1 aromatic heterocycles. The van der Waals surface area contributed by atoms with Crippen molar-refractivity contribution in [3.05, 3.63) is 35.7 Å². The zero-order chi connectivity index (χ0) is 19.4. The molecule has 0 saturated heterocycles. The van der Waals surface area contributed by atoms with Gasteiger partial charge in [0, 0.05) is 18.4 Å². The molecule has 27 heavy (non-hydrogen) atoms. The largest absolute Gasteiger partial charge is 0.481 e. The van der Waals surface area contributed by atoms with Crippen molar-refractivity contribution in [3.8, 4) is 11.4 Å². The zero-order valence-electron chi connectivity index (χ0n) is 15.7. The monoisotopic (exact) mass is 371 g/mol. The van der Waals surface area contributed by atoms with E-state index in [1.54, 1.807) is 0 Å². The Morgan fingerprint density at radius 1 is 1.26 bits per heavy atom. The van der Waals surface area contributed by atoms with Crippen molar-refractivity contribution in [2.75, 3.05) is 0 Å². The molecular weight excluding hydrogens is 346 g/mol. The smallest absolute Gasteiger partial charge is 0.305 e. The molecule has 0 spiro atoms. The fraction of sp³-hybridized carbons (Fsp3) is 0.500. The molecule has 1 aromatic carbocycles. The first-order chi connectivity index (χ1) is 12.9. The minimum Gasteiger partial charge on any atom is -0.481 e. The molecular formula is C20H25N3O4. The van der Waals surface area contributed by atoms with Gasteiger partial charge in [-0.2, -0.15) is 4.98 Å². The first-order valence-electron chi connectivity index (χ1n) is 9.33. The molecule has 0 atom stereocenters.